The van der Waals surface area contributed by atoms with Gasteiger partial charge >= 0.3 is 12.3 Å². The smallest absolute Gasteiger partial charge is 0.417 e. The molecule has 3 atom stereocenters. The molecule has 1 aromatic carbocycles. The Morgan fingerprint density at radius 1 is 1.23 bits per heavy atom. The molecule has 2 aromatic rings. The number of pyridine rings is 1. The van der Waals surface area contributed by atoms with Gasteiger partial charge in [-0.2, -0.15) is 13.2 Å². The molecule has 0 spiro atoms. The van der Waals surface area contributed by atoms with Gasteiger partial charge in [0.05, 0.1) is 18.3 Å². The van der Waals surface area contributed by atoms with Crippen LogP contribution in [-0.2, 0) is 44.8 Å². The molecule has 3 unspecified atom stereocenters. The predicted octanol–water partition coefficient (Wildman–Crippen LogP) is 4.58. The van der Waals surface area contributed by atoms with Crippen molar-refractivity contribution in [3.63, 3.8) is 0 Å². The number of carbonyl (C=O) groups is 2. The molecule has 3 heterocycles. The monoisotopic (exact) mass is 606 g/mol. The summed E-state index contributed by atoms with van der Waals surface area (Å²) in [6.45, 7) is 2.32. The van der Waals surface area contributed by atoms with Crippen molar-refractivity contribution in [1.82, 2.24) is 20.1 Å². The number of fused-ring (bicyclic) bond motifs is 1. The summed E-state index contributed by atoms with van der Waals surface area (Å²) in [5.41, 5.74) is 1.16. The molecular formula is C31H41F3N4O5. The van der Waals surface area contributed by atoms with E-state index in [9.17, 15) is 22.8 Å². The molecule has 1 fully saturated rings. The summed E-state index contributed by atoms with van der Waals surface area (Å²) in [5, 5.41) is 3.66. The van der Waals surface area contributed by atoms with Crippen LogP contribution in [0.4, 0.5) is 18.0 Å². The molecule has 0 aliphatic carbocycles. The summed E-state index contributed by atoms with van der Waals surface area (Å²) in [5.74, 6) is -0.105. The predicted molar refractivity (Wildman–Crippen MR) is 153 cm³/mol. The lowest BCUT2D eigenvalue weighted by molar-refractivity contribution is -0.137. The topological polar surface area (TPSA) is 93.2 Å². The second-order valence-electron chi connectivity index (χ2n) is 11.1. The Hall–Kier alpha value is -3.22. The van der Waals surface area contributed by atoms with E-state index in [0.717, 1.165) is 24.2 Å². The van der Waals surface area contributed by atoms with Crippen molar-refractivity contribution in [3.8, 4) is 0 Å². The maximum absolute atomic E-state index is 13.2. The van der Waals surface area contributed by atoms with E-state index in [1.165, 1.54) is 0 Å². The quantitative estimate of drug-likeness (QED) is 0.378. The third kappa shape index (κ3) is 9.64. The van der Waals surface area contributed by atoms with Gasteiger partial charge in [0.25, 0.3) is 0 Å². The van der Waals surface area contributed by atoms with Crippen LogP contribution in [0.2, 0.25) is 0 Å². The highest BCUT2D eigenvalue weighted by Crippen LogP contribution is 2.31. The largest absolute Gasteiger partial charge is 0.445 e. The lowest BCUT2D eigenvalue weighted by Crippen LogP contribution is -2.51. The number of ether oxygens (including phenoxy) is 3. The number of nitrogens with zero attached hydrogens (tertiary/aromatic N) is 3. The second-order valence-corrected chi connectivity index (χ2v) is 11.1. The number of rotatable bonds is 12. The minimum atomic E-state index is -4.48. The molecule has 12 heteroatoms. The number of methoxy groups -OCH3 is 1. The summed E-state index contributed by atoms with van der Waals surface area (Å²) >= 11 is 0. The van der Waals surface area contributed by atoms with Gasteiger partial charge in [0.2, 0.25) is 5.91 Å². The fourth-order valence-corrected chi connectivity index (χ4v) is 5.49. The Kier molecular flexibility index (Phi) is 11.8. The van der Waals surface area contributed by atoms with Crippen molar-refractivity contribution in [2.75, 3.05) is 40.5 Å². The van der Waals surface area contributed by atoms with Gasteiger partial charge in [-0.15, -0.1) is 0 Å². The van der Waals surface area contributed by atoms with Gasteiger partial charge in [0.15, 0.2) is 0 Å². The first-order valence-corrected chi connectivity index (χ1v) is 14.7. The molecule has 43 heavy (non-hydrogen) atoms. The number of amides is 2. The van der Waals surface area contributed by atoms with Crippen LogP contribution in [0.5, 0.6) is 0 Å². The van der Waals surface area contributed by atoms with Crippen molar-refractivity contribution in [3.05, 3.63) is 65.0 Å². The van der Waals surface area contributed by atoms with Crippen LogP contribution < -0.4 is 5.32 Å². The van der Waals surface area contributed by atoms with Gasteiger partial charge in [-0.05, 0) is 42.9 Å². The van der Waals surface area contributed by atoms with Crippen LogP contribution in [0, 0.1) is 0 Å². The average molecular weight is 607 g/mol. The van der Waals surface area contributed by atoms with Crippen LogP contribution in [-0.4, -0.2) is 85.4 Å². The number of benzene rings is 1. The average Bonchev–Trinajstić information content (AvgIpc) is 3.01. The maximum atomic E-state index is 13.2. The third-order valence-corrected chi connectivity index (χ3v) is 8.05. The summed E-state index contributed by atoms with van der Waals surface area (Å²) in [6, 6.07) is 10.6. The van der Waals surface area contributed by atoms with Crippen molar-refractivity contribution >= 4 is 12.0 Å². The number of aromatic nitrogens is 1. The van der Waals surface area contributed by atoms with E-state index < -0.39 is 17.8 Å². The number of hydrogen-bond donors (Lipinski definition) is 1. The summed E-state index contributed by atoms with van der Waals surface area (Å²) in [7, 11) is 3.35. The summed E-state index contributed by atoms with van der Waals surface area (Å²) in [4.78, 5) is 32.9. The number of nitrogens with one attached hydrogen (secondary N) is 1. The minimum Gasteiger partial charge on any atom is -0.445 e. The molecule has 1 saturated heterocycles. The van der Waals surface area contributed by atoms with Crippen LogP contribution in [0.1, 0.15) is 54.5 Å². The summed E-state index contributed by atoms with van der Waals surface area (Å²) in [6.07, 6.45) is -0.768. The lowest BCUT2D eigenvalue weighted by Gasteiger charge is -2.35. The molecule has 2 amide bonds. The molecule has 4 rings (SSSR count). The van der Waals surface area contributed by atoms with Gasteiger partial charge in [0.1, 0.15) is 6.61 Å². The Morgan fingerprint density at radius 3 is 2.77 bits per heavy atom. The zero-order chi connectivity index (χ0) is 30.8. The normalized spacial score (nSPS) is 19.4. The molecule has 9 nitrogen and oxygen atoms in total. The first-order chi connectivity index (χ1) is 20.6. The molecule has 1 N–H and O–H groups in total. The third-order valence-electron chi connectivity index (χ3n) is 8.05. The van der Waals surface area contributed by atoms with Crippen LogP contribution in [0.25, 0.3) is 0 Å². The Morgan fingerprint density at radius 2 is 2.02 bits per heavy atom. The van der Waals surface area contributed by atoms with E-state index in [0.29, 0.717) is 63.2 Å². The van der Waals surface area contributed by atoms with E-state index >= 15 is 0 Å². The first kappa shape index (κ1) is 32.7. The van der Waals surface area contributed by atoms with Crippen molar-refractivity contribution in [2.24, 2.45) is 0 Å². The fraction of sp³-hybridized carbons (Fsp3) is 0.581. The van der Waals surface area contributed by atoms with Crippen molar-refractivity contribution in [1.29, 1.82) is 0 Å². The summed E-state index contributed by atoms with van der Waals surface area (Å²) < 4.78 is 56.2. The molecular weight excluding hydrogens is 565 g/mol. The zero-order valence-electron chi connectivity index (χ0n) is 24.8. The molecule has 0 bridgehead atoms. The van der Waals surface area contributed by atoms with Gasteiger partial charge in [0, 0.05) is 77.2 Å². The van der Waals surface area contributed by atoms with Crippen molar-refractivity contribution in [2.45, 2.75) is 76.0 Å². The number of alkyl halides is 3. The number of hydrogen-bond acceptors (Lipinski definition) is 7. The Labute approximate surface area is 250 Å². The molecule has 0 saturated carbocycles. The Balaban J connectivity index is 1.31. The van der Waals surface area contributed by atoms with Crippen molar-refractivity contribution < 1.29 is 37.0 Å². The molecule has 0 radical (unpaired) electrons. The molecule has 1 aromatic heterocycles. The number of carbonyl (C=O) groups excluding carboxylic acids is 2. The SMILES string of the molecule is COC1COCCC1NC(CCCN(C)C(=O)OCc1ccccc1)CCC(=O)N1CCc2ncc(C(F)(F)F)cc2C1. The highest BCUT2D eigenvalue weighted by Gasteiger charge is 2.33. The van der Waals surface area contributed by atoms with E-state index in [1.807, 2.05) is 30.3 Å². The molecule has 236 valence electrons. The zero-order valence-corrected chi connectivity index (χ0v) is 24.8. The van der Waals surface area contributed by atoms with Crippen LogP contribution in [0.15, 0.2) is 42.6 Å². The molecule has 2 aliphatic rings. The van der Waals surface area contributed by atoms with Gasteiger partial charge in [-0.25, -0.2) is 4.79 Å². The highest BCUT2D eigenvalue weighted by atomic mass is 19.4. The van der Waals surface area contributed by atoms with Gasteiger partial charge < -0.3 is 29.3 Å². The van der Waals surface area contributed by atoms with E-state index in [1.54, 1.807) is 24.0 Å². The maximum Gasteiger partial charge on any atom is 0.417 e. The minimum absolute atomic E-state index is 0.0333. The Bertz CT molecular complexity index is 1200. The van der Waals surface area contributed by atoms with Gasteiger partial charge in [-0.1, -0.05) is 30.3 Å². The second kappa shape index (κ2) is 15.5. The first-order valence-electron chi connectivity index (χ1n) is 14.7. The van der Waals surface area contributed by atoms with Gasteiger partial charge in [-0.3, -0.25) is 9.78 Å². The fourth-order valence-electron chi connectivity index (χ4n) is 5.49. The van der Waals surface area contributed by atoms with Crippen LogP contribution in [0.3, 0.4) is 0 Å². The van der Waals surface area contributed by atoms with E-state index in [-0.39, 0.29) is 43.7 Å². The molecule has 2 aliphatic heterocycles. The lowest BCUT2D eigenvalue weighted by atomic mass is 9.99. The van der Waals surface area contributed by atoms with E-state index in [2.05, 4.69) is 10.3 Å². The van der Waals surface area contributed by atoms with Crippen LogP contribution >= 0.6 is 0 Å². The highest BCUT2D eigenvalue weighted by molar-refractivity contribution is 5.76. The number of halogens is 3. The standard InChI is InChI=1S/C31H41F3N4O5/c1-37(30(40)43-20-22-7-4-3-5-8-22)14-6-9-25(36-27-13-16-42-21-28(27)41-2)10-11-29(39)38-15-12-26-23(19-38)17-24(18-35-26)31(32,33)34/h3-5,7-8,17-18,25,27-28,36H,6,9-16,19-21H2,1-2H3. The van der Waals surface area contributed by atoms with E-state index in [4.69, 9.17) is 14.2 Å².